The number of piperidine rings is 1. The fourth-order valence-corrected chi connectivity index (χ4v) is 5.35. The fraction of sp³-hybridized carbons (Fsp3) is 0.611. The van der Waals surface area contributed by atoms with Gasteiger partial charge in [0.2, 0.25) is 5.91 Å². The number of likely N-dealkylation sites (N-methyl/N-ethyl adjacent to an activating group) is 1. The predicted molar refractivity (Wildman–Crippen MR) is 83.3 cm³/mol. The van der Waals surface area contributed by atoms with Gasteiger partial charge in [-0.05, 0) is 68.5 Å². The predicted octanol–water partition coefficient (Wildman–Crippen LogP) is 2.47. The third-order valence-corrected chi connectivity index (χ3v) is 6.40. The number of primary amides is 1. The summed E-state index contributed by atoms with van der Waals surface area (Å²) in [6.45, 7) is 1.18. The van der Waals surface area contributed by atoms with E-state index in [9.17, 15) is 4.79 Å². The molecule has 1 aliphatic heterocycles. The molecule has 1 aromatic rings. The quantitative estimate of drug-likeness (QED) is 0.861. The van der Waals surface area contributed by atoms with Gasteiger partial charge in [0.15, 0.2) is 0 Å². The maximum Gasteiger partial charge on any atom is 0.248 e. The monoisotopic (exact) mass is 284 g/mol. The lowest BCUT2D eigenvalue weighted by atomic mass is 9.52. The molecule has 3 aliphatic rings. The second-order valence-corrected chi connectivity index (χ2v) is 7.25. The third-order valence-electron chi connectivity index (χ3n) is 6.40. The van der Waals surface area contributed by atoms with Gasteiger partial charge in [0.05, 0.1) is 0 Å². The zero-order valence-electron chi connectivity index (χ0n) is 12.8. The van der Waals surface area contributed by atoms with E-state index in [0.29, 0.717) is 17.0 Å². The maximum absolute atomic E-state index is 11.6. The summed E-state index contributed by atoms with van der Waals surface area (Å²) >= 11 is 0. The van der Waals surface area contributed by atoms with Crippen LogP contribution in [0, 0.1) is 5.92 Å². The Bertz CT molecular complexity index is 597. The van der Waals surface area contributed by atoms with Crippen molar-refractivity contribution < 1.29 is 4.79 Å². The van der Waals surface area contributed by atoms with Crippen LogP contribution in [-0.4, -0.2) is 30.4 Å². The highest BCUT2D eigenvalue weighted by atomic mass is 16.1. The molecule has 3 heteroatoms. The average molecular weight is 284 g/mol. The minimum atomic E-state index is -0.295. The molecule has 2 aliphatic carbocycles. The summed E-state index contributed by atoms with van der Waals surface area (Å²) in [5.41, 5.74) is 9.42. The Morgan fingerprint density at radius 3 is 3.00 bits per heavy atom. The zero-order valence-corrected chi connectivity index (χ0v) is 12.8. The highest BCUT2D eigenvalue weighted by Crippen LogP contribution is 2.55. The van der Waals surface area contributed by atoms with E-state index >= 15 is 0 Å². The lowest BCUT2D eigenvalue weighted by Gasteiger charge is -2.58. The fourth-order valence-electron chi connectivity index (χ4n) is 5.35. The van der Waals surface area contributed by atoms with Gasteiger partial charge in [-0.15, -0.1) is 0 Å². The minimum absolute atomic E-state index is 0.295. The number of carbonyl (C=O) groups excluding carboxylic acids is 1. The molecular formula is C18H24N2O. The van der Waals surface area contributed by atoms with E-state index in [1.165, 1.54) is 49.8 Å². The molecule has 0 unspecified atom stereocenters. The first-order chi connectivity index (χ1) is 10.1. The molecule has 21 heavy (non-hydrogen) atoms. The number of hydrogen-bond donors (Lipinski definition) is 1. The number of nitrogens with zero attached hydrogens (tertiary/aromatic N) is 1. The van der Waals surface area contributed by atoms with Crippen molar-refractivity contribution in [3.8, 4) is 0 Å². The van der Waals surface area contributed by atoms with Crippen molar-refractivity contribution in [3.63, 3.8) is 0 Å². The van der Waals surface area contributed by atoms with Crippen molar-refractivity contribution in [1.29, 1.82) is 0 Å². The number of likely N-dealkylation sites (tertiary alicyclic amines) is 1. The Morgan fingerprint density at radius 2 is 2.19 bits per heavy atom. The normalized spacial score (nSPS) is 34.9. The van der Waals surface area contributed by atoms with Crippen molar-refractivity contribution in [2.45, 2.75) is 50.0 Å². The van der Waals surface area contributed by atoms with E-state index < -0.39 is 0 Å². The van der Waals surface area contributed by atoms with Gasteiger partial charge >= 0.3 is 0 Å². The van der Waals surface area contributed by atoms with Crippen LogP contribution in [0.1, 0.15) is 53.6 Å². The minimum Gasteiger partial charge on any atom is -0.366 e. The zero-order chi connectivity index (χ0) is 14.6. The molecular weight excluding hydrogens is 260 g/mol. The molecule has 1 aromatic carbocycles. The summed E-state index contributed by atoms with van der Waals surface area (Å²) in [5, 5.41) is 0. The van der Waals surface area contributed by atoms with Crippen LogP contribution in [-0.2, 0) is 11.8 Å². The Labute approximate surface area is 126 Å². The maximum atomic E-state index is 11.6. The van der Waals surface area contributed by atoms with Crippen LogP contribution in [0.3, 0.4) is 0 Å². The van der Waals surface area contributed by atoms with Gasteiger partial charge in [-0.1, -0.05) is 18.9 Å². The number of rotatable bonds is 1. The molecule has 1 saturated carbocycles. The Balaban J connectivity index is 1.89. The van der Waals surface area contributed by atoms with Gasteiger partial charge in [-0.2, -0.15) is 0 Å². The first-order valence-corrected chi connectivity index (χ1v) is 8.25. The van der Waals surface area contributed by atoms with Gasteiger partial charge < -0.3 is 10.6 Å². The number of benzene rings is 1. The highest BCUT2D eigenvalue weighted by Gasteiger charge is 2.53. The molecule has 2 N–H and O–H groups in total. The molecule has 0 aromatic heterocycles. The molecule has 1 saturated heterocycles. The molecule has 3 nitrogen and oxygen atoms in total. The van der Waals surface area contributed by atoms with Crippen molar-refractivity contribution >= 4 is 5.91 Å². The summed E-state index contributed by atoms with van der Waals surface area (Å²) in [6, 6.07) is 6.88. The molecule has 2 bridgehead atoms. The Morgan fingerprint density at radius 1 is 1.33 bits per heavy atom. The van der Waals surface area contributed by atoms with Gasteiger partial charge in [0.1, 0.15) is 0 Å². The first kappa shape index (κ1) is 13.3. The van der Waals surface area contributed by atoms with Crippen molar-refractivity contribution in [3.05, 3.63) is 34.9 Å². The number of nitrogens with two attached hydrogens (primary N) is 1. The Kier molecular flexibility index (Phi) is 2.90. The van der Waals surface area contributed by atoms with Crippen LogP contribution < -0.4 is 5.73 Å². The van der Waals surface area contributed by atoms with Gasteiger partial charge in [0, 0.05) is 17.0 Å². The molecule has 2 fully saturated rings. The lowest BCUT2D eigenvalue weighted by Crippen LogP contribution is -2.59. The highest BCUT2D eigenvalue weighted by molar-refractivity contribution is 5.93. The summed E-state index contributed by atoms with van der Waals surface area (Å²) in [4.78, 5) is 14.2. The first-order valence-electron chi connectivity index (χ1n) is 8.25. The second-order valence-electron chi connectivity index (χ2n) is 7.25. The van der Waals surface area contributed by atoms with E-state index in [4.69, 9.17) is 5.73 Å². The van der Waals surface area contributed by atoms with E-state index in [2.05, 4.69) is 24.1 Å². The van der Waals surface area contributed by atoms with E-state index in [-0.39, 0.29) is 5.91 Å². The van der Waals surface area contributed by atoms with Crippen molar-refractivity contribution in [2.24, 2.45) is 11.7 Å². The summed E-state index contributed by atoms with van der Waals surface area (Å²) in [7, 11) is 2.28. The summed E-state index contributed by atoms with van der Waals surface area (Å²) < 4.78 is 0. The van der Waals surface area contributed by atoms with Crippen LogP contribution in [0.5, 0.6) is 0 Å². The van der Waals surface area contributed by atoms with Crippen LogP contribution in [0.2, 0.25) is 0 Å². The van der Waals surface area contributed by atoms with Crippen molar-refractivity contribution in [2.75, 3.05) is 13.6 Å². The third kappa shape index (κ3) is 1.80. The van der Waals surface area contributed by atoms with Crippen LogP contribution >= 0.6 is 0 Å². The molecule has 1 heterocycles. The average Bonchev–Trinajstić information content (AvgIpc) is 2.50. The van der Waals surface area contributed by atoms with E-state index in [1.54, 1.807) is 0 Å². The molecule has 3 atom stereocenters. The molecule has 112 valence electrons. The number of amides is 1. The lowest BCUT2D eigenvalue weighted by molar-refractivity contribution is 0.00283. The Hall–Kier alpha value is -1.35. The SMILES string of the molecule is CN1CC[C@@]23CCCC[C@H]2[C@@H]1Cc1ccc(C(N)=O)cc13. The van der Waals surface area contributed by atoms with Crippen molar-refractivity contribution in [1.82, 2.24) is 4.90 Å². The largest absolute Gasteiger partial charge is 0.366 e. The van der Waals surface area contributed by atoms with Gasteiger partial charge in [-0.25, -0.2) is 0 Å². The van der Waals surface area contributed by atoms with E-state index in [0.717, 1.165) is 12.3 Å². The molecule has 0 spiro atoms. The van der Waals surface area contributed by atoms with Crippen LogP contribution in [0.25, 0.3) is 0 Å². The molecule has 0 radical (unpaired) electrons. The van der Waals surface area contributed by atoms with Gasteiger partial charge in [0.25, 0.3) is 0 Å². The van der Waals surface area contributed by atoms with Crippen LogP contribution in [0.4, 0.5) is 0 Å². The number of fused-ring (bicyclic) bond motifs is 1. The molecule has 1 amide bonds. The van der Waals surface area contributed by atoms with Crippen LogP contribution in [0.15, 0.2) is 18.2 Å². The smallest absolute Gasteiger partial charge is 0.248 e. The standard InChI is InChI=1S/C18H24N2O/c1-20-9-8-18-7-3-2-4-14(18)16(20)11-12-5-6-13(17(19)21)10-15(12)18/h5-6,10,14,16H,2-4,7-9,11H2,1H3,(H2,19,21)/t14-,16-,18-/m0/s1. The molecule has 4 rings (SSSR count). The van der Waals surface area contributed by atoms with E-state index in [1.807, 2.05) is 6.07 Å². The van der Waals surface area contributed by atoms with Gasteiger partial charge in [-0.3, -0.25) is 4.79 Å². The summed E-state index contributed by atoms with van der Waals surface area (Å²) in [6.07, 6.45) is 7.69. The number of carbonyl (C=O) groups is 1. The summed E-state index contributed by atoms with van der Waals surface area (Å²) in [5.74, 6) is 0.470. The topological polar surface area (TPSA) is 46.3 Å². The number of hydrogen-bond acceptors (Lipinski definition) is 2. The second kappa shape index (κ2) is 4.57.